The van der Waals surface area contributed by atoms with Crippen LogP contribution in [0.1, 0.15) is 35.4 Å². The quantitative estimate of drug-likeness (QED) is 0.778. The second-order valence-corrected chi connectivity index (χ2v) is 7.83. The summed E-state index contributed by atoms with van der Waals surface area (Å²) < 4.78 is 19.0. The highest BCUT2D eigenvalue weighted by molar-refractivity contribution is 5.81. The highest BCUT2D eigenvalue weighted by Gasteiger charge is 2.52. The van der Waals surface area contributed by atoms with E-state index in [0.717, 1.165) is 11.1 Å². The van der Waals surface area contributed by atoms with Gasteiger partial charge in [-0.1, -0.05) is 36.1 Å². The molecule has 4 rings (SSSR count). The molecule has 2 aliphatic heterocycles. The molecule has 0 saturated carbocycles. The Morgan fingerprint density at radius 1 is 1.13 bits per heavy atom. The van der Waals surface area contributed by atoms with Crippen LogP contribution >= 0.6 is 0 Å². The predicted molar refractivity (Wildman–Crippen MR) is 112 cm³/mol. The first kappa shape index (κ1) is 21.1. The molecule has 0 radical (unpaired) electrons. The summed E-state index contributed by atoms with van der Waals surface area (Å²) in [5.74, 6) is 4.92. The first-order chi connectivity index (χ1) is 15.1. The molecule has 2 aliphatic rings. The number of amides is 1. The minimum atomic E-state index is -0.608. The van der Waals surface area contributed by atoms with Crippen molar-refractivity contribution in [1.82, 2.24) is 4.90 Å². The lowest BCUT2D eigenvalue weighted by Gasteiger charge is -2.52. The highest BCUT2D eigenvalue weighted by atomic mass is 19.1. The van der Waals surface area contributed by atoms with Crippen molar-refractivity contribution in [3.05, 3.63) is 71.0 Å². The molecule has 0 aliphatic carbocycles. The van der Waals surface area contributed by atoms with Gasteiger partial charge in [-0.25, -0.2) is 4.39 Å². The van der Waals surface area contributed by atoms with Crippen LogP contribution in [0.25, 0.3) is 0 Å². The molecular weight excluding hydrogens is 395 g/mol. The maximum Gasteiger partial charge on any atom is 0.227 e. The Labute approximate surface area is 181 Å². The van der Waals surface area contributed by atoms with E-state index in [1.165, 1.54) is 6.07 Å². The average Bonchev–Trinajstić information content (AvgIpc) is 2.80. The van der Waals surface area contributed by atoms with Gasteiger partial charge in [0.2, 0.25) is 5.91 Å². The van der Waals surface area contributed by atoms with E-state index in [0.29, 0.717) is 31.6 Å². The van der Waals surface area contributed by atoms with Crippen LogP contribution in [0.2, 0.25) is 0 Å². The molecule has 5 nitrogen and oxygen atoms in total. The maximum absolute atomic E-state index is 13.7. The van der Waals surface area contributed by atoms with Gasteiger partial charge < -0.3 is 14.7 Å². The molecule has 0 bridgehead atoms. The molecule has 0 spiro atoms. The van der Waals surface area contributed by atoms with Crippen molar-refractivity contribution in [1.29, 1.82) is 5.26 Å². The zero-order valence-electron chi connectivity index (χ0n) is 17.0. The van der Waals surface area contributed by atoms with E-state index in [1.807, 2.05) is 24.3 Å². The molecule has 6 heteroatoms. The van der Waals surface area contributed by atoms with Crippen LogP contribution in [0.3, 0.4) is 0 Å². The number of carbonyl (C=O) groups is 1. The zero-order chi connectivity index (χ0) is 21.8. The molecule has 0 aromatic heterocycles. The van der Waals surface area contributed by atoms with Gasteiger partial charge in [-0.15, -0.1) is 0 Å². The third-order valence-electron chi connectivity index (χ3n) is 6.07. The van der Waals surface area contributed by atoms with Crippen LogP contribution in [0.5, 0.6) is 0 Å². The monoisotopic (exact) mass is 418 g/mol. The van der Waals surface area contributed by atoms with Crippen molar-refractivity contribution in [3.63, 3.8) is 0 Å². The number of ether oxygens (including phenoxy) is 1. The van der Waals surface area contributed by atoms with Crippen molar-refractivity contribution >= 4 is 5.91 Å². The number of hydrogen-bond acceptors (Lipinski definition) is 4. The van der Waals surface area contributed by atoms with Crippen LogP contribution in [0, 0.1) is 34.9 Å². The molecule has 2 aromatic rings. The number of nitriles is 1. The van der Waals surface area contributed by atoms with E-state index in [1.54, 1.807) is 23.1 Å². The largest absolute Gasteiger partial charge is 0.394 e. The van der Waals surface area contributed by atoms with E-state index in [-0.39, 0.29) is 30.2 Å². The van der Waals surface area contributed by atoms with E-state index < -0.39 is 12.1 Å². The summed E-state index contributed by atoms with van der Waals surface area (Å²) in [5, 5.41) is 19.7. The summed E-state index contributed by atoms with van der Waals surface area (Å²) in [5.41, 5.74) is 1.92. The Bertz CT molecular complexity index is 1040. The van der Waals surface area contributed by atoms with Crippen molar-refractivity contribution in [2.24, 2.45) is 5.92 Å². The number of likely N-dealkylation sites (tertiary alicyclic amines) is 1. The second kappa shape index (κ2) is 9.31. The highest BCUT2D eigenvalue weighted by Crippen LogP contribution is 2.42. The smallest absolute Gasteiger partial charge is 0.227 e. The van der Waals surface area contributed by atoms with Gasteiger partial charge >= 0.3 is 0 Å². The van der Waals surface area contributed by atoms with Crippen LogP contribution in [0.4, 0.5) is 4.39 Å². The fourth-order valence-corrected chi connectivity index (χ4v) is 4.36. The number of benzene rings is 2. The summed E-state index contributed by atoms with van der Waals surface area (Å²) in [6.45, 7) is 0.890. The van der Waals surface area contributed by atoms with E-state index >= 15 is 0 Å². The number of carbonyl (C=O) groups excluding carboxylic acids is 1. The van der Waals surface area contributed by atoms with Crippen molar-refractivity contribution in [3.8, 4) is 17.9 Å². The minimum absolute atomic E-state index is 0.0717. The van der Waals surface area contributed by atoms with Gasteiger partial charge in [0.1, 0.15) is 11.9 Å². The van der Waals surface area contributed by atoms with Crippen molar-refractivity contribution in [2.45, 2.75) is 30.8 Å². The summed E-state index contributed by atoms with van der Waals surface area (Å²) in [4.78, 5) is 14.5. The van der Waals surface area contributed by atoms with Crippen LogP contribution in [-0.4, -0.2) is 47.8 Å². The third-order valence-corrected chi connectivity index (χ3v) is 6.07. The number of halogens is 1. The van der Waals surface area contributed by atoms with E-state index in [9.17, 15) is 19.6 Å². The number of rotatable bonds is 3. The number of aliphatic hydroxyl groups is 1. The van der Waals surface area contributed by atoms with Gasteiger partial charge in [0, 0.05) is 30.6 Å². The molecule has 1 N–H and O–H groups in total. The Morgan fingerprint density at radius 2 is 1.84 bits per heavy atom. The van der Waals surface area contributed by atoms with Gasteiger partial charge in [0.25, 0.3) is 0 Å². The Balaban J connectivity index is 1.51. The fourth-order valence-electron chi connectivity index (χ4n) is 4.36. The Hall–Kier alpha value is -3.19. The third kappa shape index (κ3) is 4.18. The zero-order valence-corrected chi connectivity index (χ0v) is 17.0. The van der Waals surface area contributed by atoms with Crippen molar-refractivity contribution in [2.75, 3.05) is 19.8 Å². The molecular formula is C25H23FN2O3. The molecule has 31 heavy (non-hydrogen) atoms. The number of aliphatic hydroxyl groups excluding tert-OH is 1. The summed E-state index contributed by atoms with van der Waals surface area (Å²) in [6, 6.07) is 14.9. The molecule has 3 atom stereocenters. The SMILES string of the molecule is N#C[C@@H]1[C@@H](c2ccc(C#Cc3ccccc3F)cc2)[C@H](CO)N1C(=O)C1CCOCC1. The normalized spacial score (nSPS) is 23.3. The second-order valence-electron chi connectivity index (χ2n) is 7.83. The van der Waals surface area contributed by atoms with Gasteiger partial charge in [-0.3, -0.25) is 4.79 Å². The molecule has 2 heterocycles. The first-order valence-electron chi connectivity index (χ1n) is 10.4. The minimum Gasteiger partial charge on any atom is -0.394 e. The van der Waals surface area contributed by atoms with Crippen LogP contribution < -0.4 is 0 Å². The summed E-state index contributed by atoms with van der Waals surface area (Å²) in [6.07, 6.45) is 1.29. The predicted octanol–water partition coefficient (Wildman–Crippen LogP) is 2.83. The van der Waals surface area contributed by atoms with Gasteiger partial charge in [0.05, 0.1) is 24.3 Å². The maximum atomic E-state index is 13.7. The van der Waals surface area contributed by atoms with Crippen molar-refractivity contribution < 1.29 is 19.0 Å². The molecule has 2 aromatic carbocycles. The topological polar surface area (TPSA) is 73.6 Å². The van der Waals surface area contributed by atoms with Crippen LogP contribution in [-0.2, 0) is 9.53 Å². The lowest BCUT2D eigenvalue weighted by atomic mass is 9.74. The van der Waals surface area contributed by atoms with Crippen LogP contribution in [0.15, 0.2) is 48.5 Å². The number of hydrogen-bond donors (Lipinski definition) is 1. The van der Waals surface area contributed by atoms with Gasteiger partial charge in [0.15, 0.2) is 0 Å². The molecule has 1 amide bonds. The first-order valence-corrected chi connectivity index (χ1v) is 10.4. The average molecular weight is 418 g/mol. The summed E-state index contributed by atoms with van der Waals surface area (Å²) >= 11 is 0. The Kier molecular flexibility index (Phi) is 6.32. The summed E-state index contributed by atoms with van der Waals surface area (Å²) in [7, 11) is 0. The molecule has 2 saturated heterocycles. The van der Waals surface area contributed by atoms with Gasteiger partial charge in [-0.2, -0.15) is 5.26 Å². The standard InChI is InChI=1S/C25H23FN2O3/c26-21-4-2-1-3-18(21)8-5-17-6-9-19(10-7-17)24-22(15-27)28(23(24)16-29)25(30)20-11-13-31-14-12-20/h1-4,6-7,9-10,20,22-24,29H,11-14,16H2/t22-,23+,24-/m1/s1. The lowest BCUT2D eigenvalue weighted by molar-refractivity contribution is -0.154. The Morgan fingerprint density at radius 3 is 2.48 bits per heavy atom. The molecule has 2 fully saturated rings. The van der Waals surface area contributed by atoms with E-state index in [4.69, 9.17) is 4.74 Å². The lowest BCUT2D eigenvalue weighted by Crippen LogP contribution is -2.66. The van der Waals surface area contributed by atoms with E-state index in [2.05, 4.69) is 17.9 Å². The number of nitrogens with zero attached hydrogens (tertiary/aromatic N) is 2. The van der Waals surface area contributed by atoms with Gasteiger partial charge in [-0.05, 0) is 42.7 Å². The fraction of sp³-hybridized carbons (Fsp3) is 0.360. The molecule has 0 unspecified atom stereocenters. The molecule has 158 valence electrons.